The number of unbranched alkanes of at least 4 members (excludes halogenated alkanes) is 1. The van der Waals surface area contributed by atoms with Crippen LogP contribution in [0.2, 0.25) is 0 Å². The van der Waals surface area contributed by atoms with E-state index < -0.39 is 0 Å². The Morgan fingerprint density at radius 1 is 1.56 bits per heavy atom. The Balaban J connectivity index is 2.42. The van der Waals surface area contributed by atoms with Crippen molar-refractivity contribution in [1.82, 2.24) is 19.7 Å². The number of aromatic amines is 1. The van der Waals surface area contributed by atoms with Gasteiger partial charge in [-0.2, -0.15) is 5.10 Å². The maximum Gasteiger partial charge on any atom is 0.195 e. The molecule has 0 amide bonds. The second-order valence-corrected chi connectivity index (χ2v) is 4.87. The van der Waals surface area contributed by atoms with Crippen molar-refractivity contribution in [2.24, 2.45) is 0 Å². The molecule has 0 bridgehead atoms. The van der Waals surface area contributed by atoms with Gasteiger partial charge >= 0.3 is 0 Å². The number of aryl methyl sites for hydroxylation is 1. The lowest BCUT2D eigenvalue weighted by Crippen LogP contribution is -2.00. The van der Waals surface area contributed by atoms with Gasteiger partial charge in [-0.15, -0.1) is 11.3 Å². The number of aromatic nitrogens is 4. The molecule has 2 aromatic rings. The van der Waals surface area contributed by atoms with Crippen molar-refractivity contribution >= 4 is 23.6 Å². The summed E-state index contributed by atoms with van der Waals surface area (Å²) in [5, 5.41) is 7.14. The van der Waals surface area contributed by atoms with Crippen molar-refractivity contribution in [2.45, 2.75) is 33.2 Å². The van der Waals surface area contributed by atoms with E-state index in [1.54, 1.807) is 11.3 Å². The zero-order chi connectivity index (χ0) is 11.5. The van der Waals surface area contributed by atoms with Gasteiger partial charge < -0.3 is 0 Å². The predicted octanol–water partition coefficient (Wildman–Crippen LogP) is 3.17. The van der Waals surface area contributed by atoms with E-state index in [0.29, 0.717) is 4.77 Å². The molecule has 0 unspecified atom stereocenters. The van der Waals surface area contributed by atoms with Gasteiger partial charge in [-0.1, -0.05) is 13.3 Å². The Morgan fingerprint density at radius 2 is 2.38 bits per heavy atom. The van der Waals surface area contributed by atoms with E-state index in [2.05, 4.69) is 26.7 Å². The van der Waals surface area contributed by atoms with Crippen LogP contribution >= 0.6 is 23.6 Å². The van der Waals surface area contributed by atoms with Gasteiger partial charge in [0.25, 0.3) is 0 Å². The van der Waals surface area contributed by atoms with Crippen LogP contribution in [0.4, 0.5) is 0 Å². The maximum atomic E-state index is 5.23. The fourth-order valence-corrected chi connectivity index (χ4v) is 2.56. The van der Waals surface area contributed by atoms with Crippen molar-refractivity contribution < 1.29 is 0 Å². The van der Waals surface area contributed by atoms with Crippen LogP contribution in [0, 0.1) is 11.7 Å². The van der Waals surface area contributed by atoms with E-state index in [-0.39, 0.29) is 0 Å². The highest BCUT2D eigenvalue weighted by molar-refractivity contribution is 7.71. The van der Waals surface area contributed by atoms with Gasteiger partial charge in [0.05, 0.1) is 16.1 Å². The van der Waals surface area contributed by atoms with E-state index in [0.717, 1.165) is 35.8 Å². The van der Waals surface area contributed by atoms with Crippen LogP contribution in [0.1, 0.15) is 25.5 Å². The molecular formula is C10H14N4S2. The molecule has 0 spiro atoms. The molecule has 1 N–H and O–H groups in total. The van der Waals surface area contributed by atoms with E-state index in [1.165, 1.54) is 0 Å². The molecule has 0 radical (unpaired) electrons. The zero-order valence-corrected chi connectivity index (χ0v) is 11.0. The standard InChI is InChI=1S/C10H14N4S2/c1-3-4-5-14-9(12-13-10(14)15)8-7(2)11-6-16-8/h6H,3-5H2,1-2H3,(H,13,15). The first-order chi connectivity index (χ1) is 7.74. The van der Waals surface area contributed by atoms with Gasteiger partial charge in [0.15, 0.2) is 10.6 Å². The largest absolute Gasteiger partial charge is 0.299 e. The van der Waals surface area contributed by atoms with Gasteiger partial charge in [-0.25, -0.2) is 4.98 Å². The van der Waals surface area contributed by atoms with Crippen LogP contribution in [0.15, 0.2) is 5.51 Å². The molecule has 0 saturated heterocycles. The molecule has 16 heavy (non-hydrogen) atoms. The third-order valence-corrected chi connectivity index (χ3v) is 3.68. The number of hydrogen-bond acceptors (Lipinski definition) is 4. The topological polar surface area (TPSA) is 46.5 Å². The third kappa shape index (κ3) is 2.08. The first kappa shape index (κ1) is 11.5. The summed E-state index contributed by atoms with van der Waals surface area (Å²) in [7, 11) is 0. The Kier molecular flexibility index (Phi) is 3.50. The van der Waals surface area contributed by atoms with E-state index in [4.69, 9.17) is 12.2 Å². The second-order valence-electron chi connectivity index (χ2n) is 3.62. The normalized spacial score (nSPS) is 10.9. The Labute approximate surface area is 103 Å². The summed E-state index contributed by atoms with van der Waals surface area (Å²) in [5.41, 5.74) is 2.85. The van der Waals surface area contributed by atoms with Crippen molar-refractivity contribution in [3.05, 3.63) is 16.0 Å². The van der Waals surface area contributed by atoms with Crippen molar-refractivity contribution in [3.63, 3.8) is 0 Å². The number of thiazole rings is 1. The molecule has 86 valence electrons. The van der Waals surface area contributed by atoms with E-state index in [9.17, 15) is 0 Å². The highest BCUT2D eigenvalue weighted by Crippen LogP contribution is 2.25. The van der Waals surface area contributed by atoms with Crippen LogP contribution in [0.25, 0.3) is 10.7 Å². The Bertz CT molecular complexity index is 523. The maximum absolute atomic E-state index is 5.23. The quantitative estimate of drug-likeness (QED) is 0.852. The molecule has 2 aromatic heterocycles. The van der Waals surface area contributed by atoms with Crippen LogP contribution in [-0.4, -0.2) is 19.7 Å². The number of hydrogen-bond donors (Lipinski definition) is 1. The van der Waals surface area contributed by atoms with Crippen molar-refractivity contribution in [3.8, 4) is 10.7 Å². The lowest BCUT2D eigenvalue weighted by Gasteiger charge is -2.04. The third-order valence-electron chi connectivity index (χ3n) is 2.44. The summed E-state index contributed by atoms with van der Waals surface area (Å²) >= 11 is 6.84. The molecule has 2 rings (SSSR count). The molecule has 0 atom stereocenters. The molecule has 0 aliphatic rings. The summed E-state index contributed by atoms with van der Waals surface area (Å²) in [5.74, 6) is 0.915. The molecule has 0 aliphatic heterocycles. The first-order valence-electron chi connectivity index (χ1n) is 5.29. The van der Waals surface area contributed by atoms with Gasteiger partial charge in [0, 0.05) is 6.54 Å². The Morgan fingerprint density at radius 3 is 3.00 bits per heavy atom. The van der Waals surface area contributed by atoms with Gasteiger partial charge in [0.1, 0.15) is 0 Å². The number of rotatable bonds is 4. The molecule has 0 aromatic carbocycles. The van der Waals surface area contributed by atoms with E-state index >= 15 is 0 Å². The molecule has 0 fully saturated rings. The highest BCUT2D eigenvalue weighted by atomic mass is 32.1. The minimum absolute atomic E-state index is 0.691. The lowest BCUT2D eigenvalue weighted by molar-refractivity contribution is 0.629. The van der Waals surface area contributed by atoms with Crippen LogP contribution < -0.4 is 0 Å². The summed E-state index contributed by atoms with van der Waals surface area (Å²) < 4.78 is 2.75. The predicted molar refractivity (Wildman–Crippen MR) is 68.2 cm³/mol. The zero-order valence-electron chi connectivity index (χ0n) is 9.36. The summed E-state index contributed by atoms with van der Waals surface area (Å²) in [6.45, 7) is 5.08. The first-order valence-corrected chi connectivity index (χ1v) is 6.58. The van der Waals surface area contributed by atoms with E-state index in [1.807, 2.05) is 12.4 Å². The molecular weight excluding hydrogens is 240 g/mol. The minimum atomic E-state index is 0.691. The minimum Gasteiger partial charge on any atom is -0.299 e. The SMILES string of the molecule is CCCCn1c(-c2scnc2C)n[nH]c1=S. The van der Waals surface area contributed by atoms with Crippen molar-refractivity contribution in [2.75, 3.05) is 0 Å². The fraction of sp³-hybridized carbons (Fsp3) is 0.500. The molecule has 0 aliphatic carbocycles. The van der Waals surface area contributed by atoms with Crippen LogP contribution in [-0.2, 0) is 6.54 Å². The Hall–Kier alpha value is -1.01. The number of H-pyrrole nitrogens is 1. The van der Waals surface area contributed by atoms with Crippen molar-refractivity contribution in [1.29, 1.82) is 0 Å². The average Bonchev–Trinajstić information content (AvgIpc) is 2.82. The monoisotopic (exact) mass is 254 g/mol. The molecule has 4 nitrogen and oxygen atoms in total. The highest BCUT2D eigenvalue weighted by Gasteiger charge is 2.12. The summed E-state index contributed by atoms with van der Waals surface area (Å²) in [6, 6.07) is 0. The van der Waals surface area contributed by atoms with Gasteiger partial charge in [0.2, 0.25) is 0 Å². The number of nitrogens with one attached hydrogen (secondary N) is 1. The molecule has 0 saturated carbocycles. The van der Waals surface area contributed by atoms with Gasteiger partial charge in [-0.05, 0) is 25.6 Å². The van der Waals surface area contributed by atoms with Crippen LogP contribution in [0.5, 0.6) is 0 Å². The molecule has 6 heteroatoms. The van der Waals surface area contributed by atoms with Crippen LogP contribution in [0.3, 0.4) is 0 Å². The van der Waals surface area contributed by atoms with Gasteiger partial charge in [-0.3, -0.25) is 9.67 Å². The molecule has 2 heterocycles. The average molecular weight is 254 g/mol. The smallest absolute Gasteiger partial charge is 0.195 e. The summed E-state index contributed by atoms with van der Waals surface area (Å²) in [4.78, 5) is 5.34. The lowest BCUT2D eigenvalue weighted by atomic mass is 10.3. The number of nitrogens with zero attached hydrogens (tertiary/aromatic N) is 3. The fourth-order valence-electron chi connectivity index (χ4n) is 1.53. The summed E-state index contributed by atoms with van der Waals surface area (Å²) in [6.07, 6.45) is 2.26. The second kappa shape index (κ2) is 4.88.